The highest BCUT2D eigenvalue weighted by atomic mass is 16.6. The van der Waals surface area contributed by atoms with Gasteiger partial charge in [-0.05, 0) is 80.3 Å². The molecule has 198 valence electrons. The van der Waals surface area contributed by atoms with E-state index in [2.05, 4.69) is 44.4 Å². The van der Waals surface area contributed by atoms with Crippen molar-refractivity contribution in [2.75, 3.05) is 0 Å². The van der Waals surface area contributed by atoms with Crippen LogP contribution in [0.4, 0.5) is 0 Å². The Morgan fingerprint density at radius 3 is 2.56 bits per heavy atom. The van der Waals surface area contributed by atoms with Gasteiger partial charge < -0.3 is 14.6 Å². The number of hydrogen-bond donors (Lipinski definition) is 1. The fourth-order valence-electron chi connectivity index (χ4n) is 6.86. The van der Waals surface area contributed by atoms with Crippen molar-refractivity contribution in [2.45, 2.75) is 111 Å². The van der Waals surface area contributed by atoms with E-state index in [1.54, 1.807) is 13.8 Å². The van der Waals surface area contributed by atoms with E-state index < -0.39 is 11.7 Å². The largest absolute Gasteiger partial charge is 0.462 e. The van der Waals surface area contributed by atoms with Gasteiger partial charge in [0.15, 0.2) is 0 Å². The molecule has 36 heavy (non-hydrogen) atoms. The molecule has 3 rings (SSSR count). The molecular weight excluding hydrogens is 452 g/mol. The van der Waals surface area contributed by atoms with E-state index in [-0.39, 0.29) is 23.5 Å². The molecule has 5 heteroatoms. The van der Waals surface area contributed by atoms with E-state index in [0.29, 0.717) is 30.6 Å². The molecule has 3 fully saturated rings. The van der Waals surface area contributed by atoms with Gasteiger partial charge in [0.2, 0.25) is 0 Å². The molecule has 1 unspecified atom stereocenters. The van der Waals surface area contributed by atoms with Gasteiger partial charge in [0, 0.05) is 33.1 Å². The summed E-state index contributed by atoms with van der Waals surface area (Å²) in [5, 5.41) is 9.93. The van der Waals surface area contributed by atoms with E-state index >= 15 is 0 Å². The molecule has 0 spiro atoms. The summed E-state index contributed by atoms with van der Waals surface area (Å²) < 4.78 is 11.0. The van der Waals surface area contributed by atoms with Crippen molar-refractivity contribution in [2.24, 2.45) is 23.2 Å². The highest BCUT2D eigenvalue weighted by molar-refractivity contribution is 5.67. The molecule has 1 N–H and O–H groups in total. The average molecular weight is 497 g/mol. The van der Waals surface area contributed by atoms with Crippen molar-refractivity contribution in [1.29, 1.82) is 0 Å². The van der Waals surface area contributed by atoms with Gasteiger partial charge in [-0.2, -0.15) is 0 Å². The molecule has 0 aliphatic heterocycles. The van der Waals surface area contributed by atoms with Crippen LogP contribution in [0, 0.1) is 35.0 Å². The number of rotatable bonds is 5. The third-order valence-corrected chi connectivity index (χ3v) is 8.41. The van der Waals surface area contributed by atoms with Crippen LogP contribution in [0.15, 0.2) is 35.5 Å². The van der Waals surface area contributed by atoms with Crippen molar-refractivity contribution >= 4 is 11.9 Å². The van der Waals surface area contributed by atoms with E-state index in [1.807, 2.05) is 0 Å². The first-order chi connectivity index (χ1) is 16.8. The normalized spacial score (nSPS) is 33.5. The van der Waals surface area contributed by atoms with Crippen LogP contribution in [0.1, 0.15) is 92.9 Å². The molecule has 3 aliphatic carbocycles. The lowest BCUT2D eigenvalue weighted by atomic mass is 9.61. The Labute approximate surface area is 217 Å². The predicted octanol–water partition coefficient (Wildman–Crippen LogP) is 6.07. The molecule has 0 saturated heterocycles. The average Bonchev–Trinajstić information content (AvgIpc) is 3.10. The summed E-state index contributed by atoms with van der Waals surface area (Å²) in [6.45, 7) is 15.3. The second kappa shape index (κ2) is 11.4. The second-order valence-corrected chi connectivity index (χ2v) is 11.9. The molecule has 3 saturated carbocycles. The van der Waals surface area contributed by atoms with Crippen LogP contribution in [0.5, 0.6) is 0 Å². The Morgan fingerprint density at radius 2 is 1.92 bits per heavy atom. The quantitative estimate of drug-likeness (QED) is 0.369. The van der Waals surface area contributed by atoms with Gasteiger partial charge >= 0.3 is 11.9 Å². The predicted molar refractivity (Wildman–Crippen MR) is 142 cm³/mol. The number of hydrogen-bond acceptors (Lipinski definition) is 5. The minimum Gasteiger partial charge on any atom is -0.462 e. The van der Waals surface area contributed by atoms with E-state index in [0.717, 1.165) is 24.0 Å². The molecule has 0 aromatic carbocycles. The minimum atomic E-state index is -0.942. The number of aliphatic hydroxyl groups is 1. The zero-order valence-corrected chi connectivity index (χ0v) is 23.0. The van der Waals surface area contributed by atoms with Crippen molar-refractivity contribution in [3.63, 3.8) is 0 Å². The highest BCUT2D eigenvalue weighted by Crippen LogP contribution is 2.59. The van der Waals surface area contributed by atoms with Crippen LogP contribution >= 0.6 is 0 Å². The van der Waals surface area contributed by atoms with Crippen LogP contribution in [-0.2, 0) is 19.1 Å². The lowest BCUT2D eigenvalue weighted by Gasteiger charge is -2.44. The maximum absolute atomic E-state index is 11.6. The monoisotopic (exact) mass is 496 g/mol. The Hall–Kier alpha value is -2.32. The van der Waals surface area contributed by atoms with Gasteiger partial charge in [0.05, 0.1) is 0 Å². The molecule has 3 aliphatic rings. The summed E-state index contributed by atoms with van der Waals surface area (Å²) in [7, 11) is 0. The van der Waals surface area contributed by atoms with E-state index in [9.17, 15) is 14.7 Å². The molecule has 0 aromatic rings. The highest BCUT2D eigenvalue weighted by Gasteiger charge is 2.50. The molecule has 0 radical (unpaired) electrons. The van der Waals surface area contributed by atoms with Crippen LogP contribution in [-0.4, -0.2) is 34.9 Å². The van der Waals surface area contributed by atoms with Crippen molar-refractivity contribution < 1.29 is 24.2 Å². The number of carbonyl (C=O) groups excluding carboxylic acids is 2. The van der Waals surface area contributed by atoms with Crippen LogP contribution in [0.3, 0.4) is 0 Å². The van der Waals surface area contributed by atoms with Crippen molar-refractivity contribution in [3.8, 4) is 11.8 Å². The number of ether oxygens (including phenoxy) is 2. The van der Waals surface area contributed by atoms with Crippen LogP contribution in [0.2, 0.25) is 0 Å². The number of carbonyl (C=O) groups is 2. The second-order valence-electron chi connectivity index (χ2n) is 11.9. The fraction of sp³-hybridized carbons (Fsp3) is 0.677. The van der Waals surface area contributed by atoms with Crippen molar-refractivity contribution in [1.82, 2.24) is 0 Å². The first-order valence-electron chi connectivity index (χ1n) is 13.5. The van der Waals surface area contributed by atoms with Gasteiger partial charge in [-0.1, -0.05) is 44.1 Å². The Morgan fingerprint density at radius 1 is 1.22 bits per heavy atom. The first kappa shape index (κ1) is 28.3. The van der Waals surface area contributed by atoms with Gasteiger partial charge in [0.25, 0.3) is 0 Å². The summed E-state index contributed by atoms with van der Waals surface area (Å²) >= 11 is 0. The minimum absolute atomic E-state index is 0.253. The smallest absolute Gasteiger partial charge is 0.303 e. The van der Waals surface area contributed by atoms with E-state index in [1.165, 1.54) is 45.1 Å². The maximum Gasteiger partial charge on any atom is 0.303 e. The SMILES string of the molecule is C=C1/C(=C\C=C2/CCC[C@@]3(C)C2CC[C@@H]3[C@H](C)CC#CC(C)(C)O)C[C@@H](OC(C)=O)C[C@@H]1OC(C)=O. The zero-order valence-electron chi connectivity index (χ0n) is 23.0. The van der Waals surface area contributed by atoms with Gasteiger partial charge in [-0.15, -0.1) is 5.92 Å². The number of fused-ring (bicyclic) bond motifs is 1. The summed E-state index contributed by atoms with van der Waals surface area (Å²) in [6, 6.07) is 0. The number of esters is 2. The van der Waals surface area contributed by atoms with Crippen LogP contribution < -0.4 is 0 Å². The molecule has 0 aromatic heterocycles. The molecule has 5 nitrogen and oxygen atoms in total. The Balaban J connectivity index is 1.79. The van der Waals surface area contributed by atoms with E-state index in [4.69, 9.17) is 9.47 Å². The standard InChI is InChI=1S/C31H44O5/c1-20(10-8-16-30(5,6)34)27-14-15-28-24(11-9-17-31(27,28)7)12-13-25-18-26(35-22(3)32)19-29(21(25)2)36-23(4)33/h12-13,20,26-29,34H,2,9-11,14-15,17-19H2,1,3-7H3/b24-12+,25-13-/t20-,26-,27-,28?,29+,31-/m1/s1. The summed E-state index contributed by atoms with van der Waals surface area (Å²) in [6.07, 6.45) is 11.3. The van der Waals surface area contributed by atoms with Gasteiger partial charge in [-0.3, -0.25) is 9.59 Å². The summed E-state index contributed by atoms with van der Waals surface area (Å²) in [4.78, 5) is 23.2. The Bertz CT molecular complexity index is 985. The summed E-state index contributed by atoms with van der Waals surface area (Å²) in [5.41, 5.74) is 2.58. The first-order valence-corrected chi connectivity index (χ1v) is 13.5. The third-order valence-electron chi connectivity index (χ3n) is 8.41. The van der Waals surface area contributed by atoms with Crippen LogP contribution in [0.25, 0.3) is 0 Å². The molecule has 6 atom stereocenters. The van der Waals surface area contributed by atoms with Gasteiger partial charge in [-0.25, -0.2) is 0 Å². The lowest BCUT2D eigenvalue weighted by Crippen LogP contribution is -2.36. The third kappa shape index (κ3) is 6.91. The summed E-state index contributed by atoms with van der Waals surface area (Å²) in [5.74, 6) is 7.16. The molecule has 0 heterocycles. The molecule has 0 amide bonds. The van der Waals surface area contributed by atoms with Crippen molar-refractivity contribution in [3.05, 3.63) is 35.5 Å². The zero-order chi connectivity index (χ0) is 26.7. The number of allylic oxidation sites excluding steroid dienone is 3. The topological polar surface area (TPSA) is 72.8 Å². The lowest BCUT2D eigenvalue weighted by molar-refractivity contribution is -0.152. The van der Waals surface area contributed by atoms with Gasteiger partial charge in [0.1, 0.15) is 17.8 Å². The Kier molecular flexibility index (Phi) is 8.93. The maximum atomic E-state index is 11.6. The molecule has 0 bridgehead atoms. The molecular formula is C31H44O5. The fourth-order valence-corrected chi connectivity index (χ4v) is 6.86.